The van der Waals surface area contributed by atoms with Crippen LogP contribution >= 0.6 is 11.6 Å². The number of carbonyl (C=O) groups is 3. The zero-order valence-corrected chi connectivity index (χ0v) is 17.8. The quantitative estimate of drug-likeness (QED) is 0.725. The standard InChI is InChI=1S/C20H27ClN2O6/c1-20(2,3)29-19(26)22-15(11-13-5-7-14(21)8-6-13)17(24)23-9-10-28-12-16(23)18(25)27-4/h5-8,15-16H,9-12H2,1-4H3,(H,22,26)/t15-,16+/m1/s1. The molecule has 1 heterocycles. The minimum Gasteiger partial charge on any atom is -0.467 e. The first-order valence-corrected chi connectivity index (χ1v) is 9.68. The van der Waals surface area contributed by atoms with E-state index in [4.69, 9.17) is 25.8 Å². The second kappa shape index (κ2) is 9.93. The normalized spacial score (nSPS) is 18.0. The van der Waals surface area contributed by atoms with Gasteiger partial charge in [-0.3, -0.25) is 4.79 Å². The highest BCUT2D eigenvalue weighted by molar-refractivity contribution is 6.30. The van der Waals surface area contributed by atoms with Gasteiger partial charge in [-0.15, -0.1) is 0 Å². The van der Waals surface area contributed by atoms with E-state index in [2.05, 4.69) is 5.32 Å². The zero-order valence-electron chi connectivity index (χ0n) is 17.1. The monoisotopic (exact) mass is 426 g/mol. The van der Waals surface area contributed by atoms with E-state index in [0.717, 1.165) is 5.56 Å². The molecule has 29 heavy (non-hydrogen) atoms. The van der Waals surface area contributed by atoms with Gasteiger partial charge >= 0.3 is 12.1 Å². The summed E-state index contributed by atoms with van der Waals surface area (Å²) in [6, 6.07) is 5.16. The van der Waals surface area contributed by atoms with Crippen LogP contribution in [0.3, 0.4) is 0 Å². The van der Waals surface area contributed by atoms with E-state index in [9.17, 15) is 14.4 Å². The van der Waals surface area contributed by atoms with Gasteiger partial charge in [-0.1, -0.05) is 23.7 Å². The lowest BCUT2D eigenvalue weighted by Crippen LogP contribution is -2.59. The average Bonchev–Trinajstić information content (AvgIpc) is 2.66. The van der Waals surface area contributed by atoms with Gasteiger partial charge in [0.1, 0.15) is 11.6 Å². The van der Waals surface area contributed by atoms with E-state index < -0.39 is 35.7 Å². The Labute approximate surface area is 175 Å². The summed E-state index contributed by atoms with van der Waals surface area (Å²) in [5.41, 5.74) is 0.0811. The number of alkyl carbamates (subject to hydrolysis) is 1. The molecule has 1 saturated heterocycles. The van der Waals surface area contributed by atoms with E-state index in [1.54, 1.807) is 45.0 Å². The summed E-state index contributed by atoms with van der Waals surface area (Å²) >= 11 is 5.93. The maximum atomic E-state index is 13.3. The second-order valence-corrected chi connectivity index (χ2v) is 8.11. The average molecular weight is 427 g/mol. The Balaban J connectivity index is 2.23. The van der Waals surface area contributed by atoms with E-state index >= 15 is 0 Å². The molecular weight excluding hydrogens is 400 g/mol. The molecule has 0 aromatic heterocycles. The lowest BCUT2D eigenvalue weighted by molar-refractivity contribution is -0.161. The smallest absolute Gasteiger partial charge is 0.408 e. The van der Waals surface area contributed by atoms with Crippen molar-refractivity contribution in [1.29, 1.82) is 0 Å². The number of benzene rings is 1. The third-order valence-electron chi connectivity index (χ3n) is 4.23. The van der Waals surface area contributed by atoms with Gasteiger partial charge in [0.2, 0.25) is 5.91 Å². The summed E-state index contributed by atoms with van der Waals surface area (Å²) in [6.45, 7) is 5.75. The van der Waals surface area contributed by atoms with Crippen LogP contribution in [-0.2, 0) is 30.2 Å². The Morgan fingerprint density at radius 3 is 2.52 bits per heavy atom. The van der Waals surface area contributed by atoms with Crippen molar-refractivity contribution in [1.82, 2.24) is 10.2 Å². The Hall–Kier alpha value is -2.32. The predicted molar refractivity (Wildman–Crippen MR) is 107 cm³/mol. The molecule has 1 aliphatic heterocycles. The van der Waals surface area contributed by atoms with Crippen molar-refractivity contribution in [2.75, 3.05) is 26.9 Å². The van der Waals surface area contributed by atoms with E-state index in [0.29, 0.717) is 11.6 Å². The molecule has 0 radical (unpaired) electrons. The summed E-state index contributed by atoms with van der Waals surface area (Å²) in [5, 5.41) is 3.20. The molecular formula is C20H27ClN2O6. The summed E-state index contributed by atoms with van der Waals surface area (Å²) in [4.78, 5) is 39.1. The van der Waals surface area contributed by atoms with Crippen molar-refractivity contribution in [2.24, 2.45) is 0 Å². The molecule has 9 heteroatoms. The number of amides is 2. The van der Waals surface area contributed by atoms with Crippen LogP contribution in [0.1, 0.15) is 26.3 Å². The number of nitrogens with zero attached hydrogens (tertiary/aromatic N) is 1. The molecule has 0 saturated carbocycles. The Morgan fingerprint density at radius 2 is 1.93 bits per heavy atom. The molecule has 1 N–H and O–H groups in total. The molecule has 2 atom stereocenters. The summed E-state index contributed by atoms with van der Waals surface area (Å²) in [6.07, 6.45) is -0.506. The molecule has 1 aromatic rings. The maximum Gasteiger partial charge on any atom is 0.408 e. The number of nitrogens with one attached hydrogen (secondary N) is 1. The number of morpholine rings is 1. The highest BCUT2D eigenvalue weighted by Gasteiger charge is 2.37. The van der Waals surface area contributed by atoms with Gasteiger partial charge in [0.05, 0.1) is 20.3 Å². The predicted octanol–water partition coefficient (Wildman–Crippen LogP) is 2.18. The fourth-order valence-electron chi connectivity index (χ4n) is 2.91. The highest BCUT2D eigenvalue weighted by atomic mass is 35.5. The number of halogens is 1. The number of carbonyl (C=O) groups excluding carboxylic acids is 3. The number of hydrogen-bond acceptors (Lipinski definition) is 6. The van der Waals surface area contributed by atoms with Crippen LogP contribution < -0.4 is 5.32 Å². The number of ether oxygens (including phenoxy) is 3. The van der Waals surface area contributed by atoms with Crippen LogP contribution in [0.15, 0.2) is 24.3 Å². The van der Waals surface area contributed by atoms with Crippen molar-refractivity contribution in [3.63, 3.8) is 0 Å². The number of rotatable bonds is 5. The van der Waals surface area contributed by atoms with Crippen molar-refractivity contribution in [3.05, 3.63) is 34.9 Å². The van der Waals surface area contributed by atoms with Gasteiger partial charge < -0.3 is 24.4 Å². The number of esters is 1. The Morgan fingerprint density at radius 1 is 1.28 bits per heavy atom. The zero-order chi connectivity index (χ0) is 21.6. The van der Waals surface area contributed by atoms with Gasteiger partial charge in [0.25, 0.3) is 0 Å². The summed E-state index contributed by atoms with van der Waals surface area (Å²) in [7, 11) is 1.25. The lowest BCUT2D eigenvalue weighted by atomic mass is 10.0. The first-order valence-electron chi connectivity index (χ1n) is 9.30. The molecule has 0 bridgehead atoms. The van der Waals surface area contributed by atoms with Crippen LogP contribution in [0.2, 0.25) is 5.02 Å². The van der Waals surface area contributed by atoms with Gasteiger partial charge in [-0.25, -0.2) is 9.59 Å². The van der Waals surface area contributed by atoms with Crippen LogP contribution in [0.4, 0.5) is 4.79 Å². The summed E-state index contributed by atoms with van der Waals surface area (Å²) < 4.78 is 15.4. The lowest BCUT2D eigenvalue weighted by Gasteiger charge is -2.36. The maximum absolute atomic E-state index is 13.3. The molecule has 8 nitrogen and oxygen atoms in total. The van der Waals surface area contributed by atoms with Crippen LogP contribution in [0.5, 0.6) is 0 Å². The van der Waals surface area contributed by atoms with Crippen LogP contribution in [-0.4, -0.2) is 67.4 Å². The molecule has 1 fully saturated rings. The Bertz CT molecular complexity index is 731. The minimum absolute atomic E-state index is 0.0402. The van der Waals surface area contributed by atoms with Crippen molar-refractivity contribution >= 4 is 29.6 Å². The molecule has 0 unspecified atom stereocenters. The first-order chi connectivity index (χ1) is 13.6. The van der Waals surface area contributed by atoms with Crippen molar-refractivity contribution in [3.8, 4) is 0 Å². The van der Waals surface area contributed by atoms with Crippen molar-refractivity contribution < 1.29 is 28.6 Å². The summed E-state index contributed by atoms with van der Waals surface area (Å²) in [5.74, 6) is -0.981. The first kappa shape index (κ1) is 23.0. The fourth-order valence-corrected chi connectivity index (χ4v) is 3.03. The minimum atomic E-state index is -0.934. The van der Waals surface area contributed by atoms with E-state index in [1.165, 1.54) is 12.0 Å². The fraction of sp³-hybridized carbons (Fsp3) is 0.550. The topological polar surface area (TPSA) is 94.2 Å². The van der Waals surface area contributed by atoms with E-state index in [-0.39, 0.29) is 19.6 Å². The molecule has 0 aliphatic carbocycles. The Kier molecular flexibility index (Phi) is 7.87. The second-order valence-electron chi connectivity index (χ2n) is 7.67. The van der Waals surface area contributed by atoms with Gasteiger partial charge in [-0.2, -0.15) is 0 Å². The molecule has 2 amide bonds. The SMILES string of the molecule is COC(=O)[C@@H]1COCCN1C(=O)[C@@H](Cc1ccc(Cl)cc1)NC(=O)OC(C)(C)C. The van der Waals surface area contributed by atoms with Gasteiger partial charge in [-0.05, 0) is 38.5 Å². The van der Waals surface area contributed by atoms with Gasteiger partial charge in [0, 0.05) is 18.0 Å². The number of hydrogen-bond donors (Lipinski definition) is 1. The van der Waals surface area contributed by atoms with Gasteiger partial charge in [0.15, 0.2) is 6.04 Å². The molecule has 160 valence electrons. The highest BCUT2D eigenvalue weighted by Crippen LogP contribution is 2.16. The van der Waals surface area contributed by atoms with Crippen LogP contribution in [0.25, 0.3) is 0 Å². The molecule has 1 aliphatic rings. The third-order valence-corrected chi connectivity index (χ3v) is 4.48. The third kappa shape index (κ3) is 6.90. The molecule has 0 spiro atoms. The van der Waals surface area contributed by atoms with E-state index in [1.807, 2.05) is 0 Å². The largest absolute Gasteiger partial charge is 0.467 e. The van der Waals surface area contributed by atoms with Crippen LogP contribution in [0, 0.1) is 0 Å². The number of methoxy groups -OCH3 is 1. The molecule has 2 rings (SSSR count). The molecule has 1 aromatic carbocycles. The van der Waals surface area contributed by atoms with Crippen molar-refractivity contribution in [2.45, 2.75) is 44.9 Å².